The van der Waals surface area contributed by atoms with Crippen LogP contribution in [0.2, 0.25) is 5.02 Å². The summed E-state index contributed by atoms with van der Waals surface area (Å²) >= 11 is 6.22. The van der Waals surface area contributed by atoms with E-state index in [-0.39, 0.29) is 24.1 Å². The first kappa shape index (κ1) is 21.8. The molecule has 0 aromatic heterocycles. The molecule has 1 heterocycles. The van der Waals surface area contributed by atoms with E-state index in [1.54, 1.807) is 29.2 Å². The number of amides is 1. The average molecular weight is 450 g/mol. The van der Waals surface area contributed by atoms with Crippen LogP contribution in [-0.4, -0.2) is 40.6 Å². The minimum Gasteiger partial charge on any atom is -0.398 e. The number of carbonyl (C=O) groups is 1. The lowest BCUT2D eigenvalue weighted by molar-refractivity contribution is -0.149. The van der Waals surface area contributed by atoms with Gasteiger partial charge in [0.1, 0.15) is 5.60 Å². The molecule has 1 saturated heterocycles. The number of nitrogens with zero attached hydrogens (tertiary/aromatic N) is 2. The quantitative estimate of drug-likeness (QED) is 0.674. The molecule has 2 aromatic carbocycles. The number of hydrogen-bond donors (Lipinski definition) is 2. The van der Waals surface area contributed by atoms with Gasteiger partial charge in [0.25, 0.3) is 5.91 Å². The van der Waals surface area contributed by atoms with Crippen LogP contribution < -0.4 is 10.6 Å². The summed E-state index contributed by atoms with van der Waals surface area (Å²) in [5, 5.41) is 11.1. The number of rotatable bonds is 5. The Balaban J connectivity index is 1.60. The molecule has 5 nitrogen and oxygen atoms in total. The maximum Gasteiger partial charge on any atom is 0.254 e. The highest BCUT2D eigenvalue weighted by Gasteiger charge is 2.44. The number of halogens is 3. The predicted molar refractivity (Wildman–Crippen MR) is 117 cm³/mol. The molecule has 2 fully saturated rings. The van der Waals surface area contributed by atoms with Crippen LogP contribution in [0.1, 0.15) is 37.7 Å². The van der Waals surface area contributed by atoms with Gasteiger partial charge >= 0.3 is 0 Å². The van der Waals surface area contributed by atoms with E-state index >= 15 is 0 Å². The van der Waals surface area contributed by atoms with Crippen LogP contribution in [0.4, 0.5) is 20.2 Å². The molecule has 1 atom stereocenters. The summed E-state index contributed by atoms with van der Waals surface area (Å²) in [6, 6.07) is 9.12. The zero-order valence-corrected chi connectivity index (χ0v) is 17.9. The van der Waals surface area contributed by atoms with Crippen molar-refractivity contribution in [3.05, 3.63) is 58.6 Å². The van der Waals surface area contributed by atoms with Crippen molar-refractivity contribution in [2.75, 3.05) is 23.7 Å². The number of anilines is 2. The Bertz CT molecular complexity index is 981. The zero-order chi connectivity index (χ0) is 22.2. The highest BCUT2D eigenvalue weighted by atomic mass is 35.5. The summed E-state index contributed by atoms with van der Waals surface area (Å²) in [5.74, 6) is -2.03. The molecule has 2 aromatic rings. The molecule has 31 heavy (non-hydrogen) atoms. The van der Waals surface area contributed by atoms with Gasteiger partial charge < -0.3 is 20.6 Å². The molecule has 1 aliphatic heterocycles. The van der Waals surface area contributed by atoms with Crippen molar-refractivity contribution >= 4 is 28.9 Å². The first-order valence-corrected chi connectivity index (χ1v) is 10.9. The largest absolute Gasteiger partial charge is 0.398 e. The van der Waals surface area contributed by atoms with Crippen molar-refractivity contribution in [2.24, 2.45) is 0 Å². The van der Waals surface area contributed by atoms with Crippen LogP contribution in [0.3, 0.4) is 0 Å². The van der Waals surface area contributed by atoms with E-state index in [1.165, 1.54) is 6.07 Å². The summed E-state index contributed by atoms with van der Waals surface area (Å²) < 4.78 is 28.2. The van der Waals surface area contributed by atoms with Gasteiger partial charge in [0, 0.05) is 36.9 Å². The molecule has 4 rings (SSSR count). The van der Waals surface area contributed by atoms with Crippen LogP contribution in [-0.2, 0) is 11.3 Å². The normalized spacial score (nSPS) is 20.3. The summed E-state index contributed by atoms with van der Waals surface area (Å²) in [6.07, 6.45) is 3.29. The Hall–Kier alpha value is -2.38. The van der Waals surface area contributed by atoms with E-state index in [9.17, 15) is 18.7 Å². The lowest BCUT2D eigenvalue weighted by Gasteiger charge is -2.33. The van der Waals surface area contributed by atoms with E-state index in [0.717, 1.165) is 18.9 Å². The molecule has 1 aliphatic carbocycles. The van der Waals surface area contributed by atoms with E-state index in [2.05, 4.69) is 0 Å². The average Bonchev–Trinajstić information content (AvgIpc) is 3.41. The van der Waals surface area contributed by atoms with E-state index < -0.39 is 17.2 Å². The predicted octanol–water partition coefficient (Wildman–Crippen LogP) is 4.11. The topological polar surface area (TPSA) is 69.8 Å². The number of hydrogen-bond acceptors (Lipinski definition) is 4. The standard InChI is InChI=1S/C23H26ClF2N3O2/c24-18-12-16(6-7-20(18)27)29(13-15-4-3-5-19(25)21(15)26)17-8-11-28(14-17)22(30)23(31)9-1-2-10-23/h3-7,12,17,31H,1-2,8-11,13-14,27H2/t17-/m0/s1. The molecular formula is C23H26ClF2N3O2. The summed E-state index contributed by atoms with van der Waals surface area (Å²) in [5.41, 5.74) is 5.92. The fourth-order valence-electron chi connectivity index (χ4n) is 4.63. The molecular weight excluding hydrogens is 424 g/mol. The molecule has 2 aliphatic rings. The molecule has 1 amide bonds. The van der Waals surface area contributed by atoms with Crippen LogP contribution in [0, 0.1) is 11.6 Å². The molecule has 166 valence electrons. The number of nitrogen functional groups attached to an aromatic ring is 1. The Morgan fingerprint density at radius 3 is 2.71 bits per heavy atom. The number of likely N-dealkylation sites (tertiary alicyclic amines) is 1. The van der Waals surface area contributed by atoms with Gasteiger partial charge in [0.2, 0.25) is 0 Å². The second-order valence-electron chi connectivity index (χ2n) is 8.48. The van der Waals surface area contributed by atoms with Gasteiger partial charge in [0.15, 0.2) is 11.6 Å². The second kappa shape index (κ2) is 8.63. The van der Waals surface area contributed by atoms with Crippen molar-refractivity contribution in [3.63, 3.8) is 0 Å². The third-order valence-corrected chi connectivity index (χ3v) is 6.74. The number of nitrogens with two attached hydrogens (primary N) is 1. The van der Waals surface area contributed by atoms with Crippen LogP contribution in [0.5, 0.6) is 0 Å². The first-order valence-electron chi connectivity index (χ1n) is 10.5. The lowest BCUT2D eigenvalue weighted by atomic mass is 10.0. The van der Waals surface area contributed by atoms with Crippen LogP contribution >= 0.6 is 11.6 Å². The minimum atomic E-state index is -1.28. The van der Waals surface area contributed by atoms with Gasteiger partial charge in [-0.25, -0.2) is 8.78 Å². The summed E-state index contributed by atoms with van der Waals surface area (Å²) in [7, 11) is 0. The van der Waals surface area contributed by atoms with Crippen molar-refractivity contribution in [3.8, 4) is 0 Å². The van der Waals surface area contributed by atoms with Crippen LogP contribution in [0.25, 0.3) is 0 Å². The molecule has 0 unspecified atom stereocenters. The smallest absolute Gasteiger partial charge is 0.254 e. The van der Waals surface area contributed by atoms with E-state index in [4.69, 9.17) is 17.3 Å². The summed E-state index contributed by atoms with van der Waals surface area (Å²) in [4.78, 5) is 16.6. The number of carbonyl (C=O) groups excluding carboxylic acids is 1. The Morgan fingerprint density at radius 2 is 2.00 bits per heavy atom. The van der Waals surface area contributed by atoms with Crippen molar-refractivity contribution < 1.29 is 18.7 Å². The summed E-state index contributed by atoms with van der Waals surface area (Å²) in [6.45, 7) is 0.998. The van der Waals surface area contributed by atoms with E-state index in [1.807, 2.05) is 4.90 Å². The first-order chi connectivity index (χ1) is 14.8. The highest BCUT2D eigenvalue weighted by Crippen LogP contribution is 2.35. The molecule has 3 N–H and O–H groups in total. The highest BCUT2D eigenvalue weighted by molar-refractivity contribution is 6.33. The Labute approximate surface area is 185 Å². The Morgan fingerprint density at radius 1 is 1.26 bits per heavy atom. The van der Waals surface area contributed by atoms with Crippen LogP contribution in [0.15, 0.2) is 36.4 Å². The molecule has 1 saturated carbocycles. The molecule has 0 spiro atoms. The van der Waals surface area contributed by atoms with E-state index in [0.29, 0.717) is 48.7 Å². The maximum absolute atomic E-state index is 14.4. The monoisotopic (exact) mass is 449 g/mol. The van der Waals surface area contributed by atoms with Gasteiger partial charge in [-0.15, -0.1) is 0 Å². The van der Waals surface area contributed by atoms with Gasteiger partial charge in [0.05, 0.1) is 10.7 Å². The molecule has 0 radical (unpaired) electrons. The number of benzene rings is 2. The fourth-order valence-corrected chi connectivity index (χ4v) is 4.80. The zero-order valence-electron chi connectivity index (χ0n) is 17.2. The van der Waals surface area contributed by atoms with Gasteiger partial charge in [-0.05, 0) is 56.4 Å². The third-order valence-electron chi connectivity index (χ3n) is 6.41. The Kier molecular flexibility index (Phi) is 6.08. The minimum absolute atomic E-state index is 0.112. The fraction of sp³-hybridized carbons (Fsp3) is 0.435. The van der Waals surface area contributed by atoms with Crippen molar-refractivity contribution in [1.29, 1.82) is 0 Å². The number of aliphatic hydroxyl groups is 1. The van der Waals surface area contributed by atoms with Gasteiger partial charge in [-0.1, -0.05) is 23.7 Å². The van der Waals surface area contributed by atoms with Gasteiger partial charge in [-0.3, -0.25) is 4.79 Å². The van der Waals surface area contributed by atoms with Crippen molar-refractivity contribution in [1.82, 2.24) is 4.90 Å². The second-order valence-corrected chi connectivity index (χ2v) is 8.89. The SMILES string of the molecule is Nc1ccc(N(Cc2cccc(F)c2F)[C@H]2CCN(C(=O)C3(O)CCCC3)C2)cc1Cl. The van der Waals surface area contributed by atoms with Crippen molar-refractivity contribution in [2.45, 2.75) is 50.3 Å². The lowest BCUT2D eigenvalue weighted by Crippen LogP contribution is -2.47. The molecule has 0 bridgehead atoms. The molecule has 8 heteroatoms. The van der Waals surface area contributed by atoms with Gasteiger partial charge in [-0.2, -0.15) is 0 Å². The third kappa shape index (κ3) is 4.34. The maximum atomic E-state index is 14.4.